The van der Waals surface area contributed by atoms with Crippen molar-refractivity contribution in [1.82, 2.24) is 9.62 Å². The smallest absolute Gasteiger partial charge is 0.407 e. The van der Waals surface area contributed by atoms with Crippen LogP contribution in [-0.4, -0.2) is 79.9 Å². The number of aliphatic hydroxyl groups excluding tert-OH is 1. The molecule has 1 amide bonds. The number of carbonyl (C=O) groups excluding carboxylic acids is 1. The molecule has 214 valence electrons. The van der Waals surface area contributed by atoms with Gasteiger partial charge in [-0.1, -0.05) is 32.0 Å². The molecule has 0 aromatic heterocycles. The second-order valence-electron chi connectivity index (χ2n) is 10.4. The molecular formula is C27H37N3O8S. The number of phenolic OH excluding ortho intramolecular Hbond substituents is 1. The highest BCUT2D eigenvalue weighted by Gasteiger charge is 2.44. The van der Waals surface area contributed by atoms with E-state index >= 15 is 0 Å². The number of hydrogen-bond acceptors (Lipinski definition) is 9. The van der Waals surface area contributed by atoms with E-state index in [4.69, 9.17) is 19.9 Å². The third kappa shape index (κ3) is 7.40. The molecular weight excluding hydrogens is 526 g/mol. The number of alkyl carbamates (subject to hydrolysis) is 1. The van der Waals surface area contributed by atoms with E-state index in [9.17, 15) is 23.4 Å². The first kappa shape index (κ1) is 29.1. The number of benzene rings is 2. The molecule has 2 saturated heterocycles. The van der Waals surface area contributed by atoms with Gasteiger partial charge in [0.1, 0.15) is 11.9 Å². The summed E-state index contributed by atoms with van der Waals surface area (Å²) in [7, 11) is -4.00. The Labute approximate surface area is 228 Å². The van der Waals surface area contributed by atoms with Crippen molar-refractivity contribution in [2.24, 2.45) is 11.8 Å². The molecule has 5 atom stereocenters. The van der Waals surface area contributed by atoms with Crippen LogP contribution in [0.3, 0.4) is 0 Å². The number of amides is 1. The maximum absolute atomic E-state index is 13.5. The van der Waals surface area contributed by atoms with Gasteiger partial charge in [0, 0.05) is 18.8 Å². The monoisotopic (exact) mass is 563 g/mol. The highest BCUT2D eigenvalue weighted by atomic mass is 32.2. The lowest BCUT2D eigenvalue weighted by Gasteiger charge is -2.31. The number of anilines is 1. The normalized spacial score (nSPS) is 22.5. The van der Waals surface area contributed by atoms with Crippen molar-refractivity contribution >= 4 is 21.8 Å². The Morgan fingerprint density at radius 3 is 2.62 bits per heavy atom. The predicted molar refractivity (Wildman–Crippen MR) is 143 cm³/mol. The summed E-state index contributed by atoms with van der Waals surface area (Å²) in [5.74, 6) is -0.0132. The Balaban J connectivity index is 1.52. The topological polar surface area (TPSA) is 161 Å². The third-order valence-electron chi connectivity index (χ3n) is 6.86. The van der Waals surface area contributed by atoms with Gasteiger partial charge in [0.2, 0.25) is 10.0 Å². The van der Waals surface area contributed by atoms with Crippen LogP contribution in [0.2, 0.25) is 0 Å². The zero-order valence-electron chi connectivity index (χ0n) is 22.1. The van der Waals surface area contributed by atoms with Gasteiger partial charge in [0.25, 0.3) is 0 Å². The number of fused-ring (bicyclic) bond motifs is 1. The molecule has 0 bridgehead atoms. The quantitative estimate of drug-likeness (QED) is 0.300. The number of nitrogens with two attached hydrogens (primary N) is 1. The minimum Gasteiger partial charge on any atom is -0.508 e. The lowest BCUT2D eigenvalue weighted by molar-refractivity contribution is -0.0907. The van der Waals surface area contributed by atoms with Crippen LogP contribution in [0, 0.1) is 11.8 Å². The summed E-state index contributed by atoms with van der Waals surface area (Å²) in [5, 5.41) is 23.7. The summed E-state index contributed by atoms with van der Waals surface area (Å²) in [4.78, 5) is 13.0. The highest BCUT2D eigenvalue weighted by molar-refractivity contribution is 7.89. The third-order valence-corrected chi connectivity index (χ3v) is 8.69. The summed E-state index contributed by atoms with van der Waals surface area (Å²) in [6.07, 6.45) is -2.01. The van der Waals surface area contributed by atoms with Crippen LogP contribution in [0.4, 0.5) is 10.5 Å². The van der Waals surface area contributed by atoms with Gasteiger partial charge < -0.3 is 35.5 Å². The number of rotatable bonds is 11. The van der Waals surface area contributed by atoms with Crippen LogP contribution < -0.4 is 11.1 Å². The van der Waals surface area contributed by atoms with Crippen molar-refractivity contribution in [2.45, 2.75) is 56.1 Å². The van der Waals surface area contributed by atoms with Crippen LogP contribution in [0.25, 0.3) is 0 Å². The van der Waals surface area contributed by atoms with Crippen LogP contribution >= 0.6 is 0 Å². The number of nitrogens with one attached hydrogen (secondary N) is 1. The number of nitrogens with zero attached hydrogens (tertiary/aromatic N) is 1. The number of phenols is 1. The fourth-order valence-corrected chi connectivity index (χ4v) is 6.55. The van der Waals surface area contributed by atoms with E-state index in [0.29, 0.717) is 18.7 Å². The molecule has 5 unspecified atom stereocenters. The first-order chi connectivity index (χ1) is 18.5. The molecule has 12 heteroatoms. The second-order valence-corrected chi connectivity index (χ2v) is 12.4. The summed E-state index contributed by atoms with van der Waals surface area (Å²) < 4.78 is 44.9. The largest absolute Gasteiger partial charge is 0.508 e. The second kappa shape index (κ2) is 12.5. The molecule has 2 fully saturated rings. The van der Waals surface area contributed by atoms with Gasteiger partial charge in [0.05, 0.1) is 36.2 Å². The highest BCUT2D eigenvalue weighted by Crippen LogP contribution is 2.33. The SMILES string of the molecule is CC(C)CN(CC(O)C(Cc1ccc(O)cc1)NC(=O)OC1COC2OCCC12)S(=O)(=O)c1cccc(N)c1. The molecule has 2 aliphatic rings. The van der Waals surface area contributed by atoms with Crippen molar-refractivity contribution in [1.29, 1.82) is 0 Å². The van der Waals surface area contributed by atoms with E-state index in [1.165, 1.54) is 28.6 Å². The Morgan fingerprint density at radius 1 is 1.18 bits per heavy atom. The standard InChI is InChI=1S/C27H37N3O8S/c1-17(2)14-30(39(34,35)21-5-3-4-19(28)13-21)15-24(32)23(12-18-6-8-20(31)9-7-18)29-27(33)38-25-16-37-26-22(25)10-11-36-26/h3-9,13,17,22-26,31-32H,10-12,14-16,28H2,1-2H3,(H,29,33). The predicted octanol–water partition coefficient (Wildman–Crippen LogP) is 2.08. The molecule has 5 N–H and O–H groups in total. The van der Waals surface area contributed by atoms with Crippen molar-refractivity contribution in [3.8, 4) is 5.75 Å². The maximum atomic E-state index is 13.5. The molecule has 0 saturated carbocycles. The first-order valence-corrected chi connectivity index (χ1v) is 14.5. The van der Waals surface area contributed by atoms with E-state index in [-0.39, 0.29) is 54.9 Å². The van der Waals surface area contributed by atoms with Gasteiger partial charge in [-0.15, -0.1) is 0 Å². The molecule has 11 nitrogen and oxygen atoms in total. The van der Waals surface area contributed by atoms with E-state index in [1.54, 1.807) is 24.3 Å². The van der Waals surface area contributed by atoms with E-state index in [1.807, 2.05) is 13.8 Å². The van der Waals surface area contributed by atoms with Gasteiger partial charge in [0.15, 0.2) is 6.29 Å². The van der Waals surface area contributed by atoms with Crippen molar-refractivity contribution in [3.63, 3.8) is 0 Å². The molecule has 2 heterocycles. The van der Waals surface area contributed by atoms with Crippen LogP contribution in [0.5, 0.6) is 5.75 Å². The fourth-order valence-electron chi connectivity index (χ4n) is 4.88. The molecule has 0 aliphatic carbocycles. The number of aliphatic hydroxyl groups is 1. The molecule has 2 aliphatic heterocycles. The summed E-state index contributed by atoms with van der Waals surface area (Å²) in [5.41, 5.74) is 6.86. The fraction of sp³-hybridized carbons (Fsp3) is 0.519. The Kier molecular flexibility index (Phi) is 9.34. The lowest BCUT2D eigenvalue weighted by atomic mass is 10.0. The van der Waals surface area contributed by atoms with Gasteiger partial charge in [-0.2, -0.15) is 4.31 Å². The van der Waals surface area contributed by atoms with E-state index in [0.717, 1.165) is 5.56 Å². The number of ether oxygens (including phenoxy) is 3. The van der Waals surface area contributed by atoms with Crippen molar-refractivity contribution in [3.05, 3.63) is 54.1 Å². The molecule has 2 aromatic carbocycles. The Bertz CT molecular complexity index is 1220. The van der Waals surface area contributed by atoms with Crippen LogP contribution in [0.15, 0.2) is 53.4 Å². The minimum atomic E-state index is -4.00. The number of hydrogen-bond donors (Lipinski definition) is 4. The number of carbonyl (C=O) groups is 1. The minimum absolute atomic E-state index is 0.0207. The van der Waals surface area contributed by atoms with Crippen LogP contribution in [-0.2, 0) is 30.7 Å². The average Bonchev–Trinajstić information content (AvgIpc) is 3.49. The number of nitrogen functional groups attached to an aromatic ring is 1. The Morgan fingerprint density at radius 2 is 1.92 bits per heavy atom. The Hall–Kier alpha value is -2.90. The summed E-state index contributed by atoms with van der Waals surface area (Å²) in [6.45, 7) is 4.38. The number of sulfonamides is 1. The molecule has 4 rings (SSSR count). The lowest BCUT2D eigenvalue weighted by Crippen LogP contribution is -2.51. The van der Waals surface area contributed by atoms with E-state index < -0.39 is 34.4 Å². The van der Waals surface area contributed by atoms with Crippen molar-refractivity contribution in [2.75, 3.05) is 32.0 Å². The summed E-state index contributed by atoms with van der Waals surface area (Å²) >= 11 is 0. The molecule has 2 aromatic rings. The van der Waals surface area contributed by atoms with Gasteiger partial charge >= 0.3 is 6.09 Å². The van der Waals surface area contributed by atoms with Gasteiger partial charge in [-0.05, 0) is 54.7 Å². The maximum Gasteiger partial charge on any atom is 0.407 e. The van der Waals surface area contributed by atoms with Crippen molar-refractivity contribution < 1.29 is 37.6 Å². The zero-order chi connectivity index (χ0) is 28.2. The summed E-state index contributed by atoms with van der Waals surface area (Å²) in [6, 6.07) is 11.4. The van der Waals surface area contributed by atoms with E-state index in [2.05, 4.69) is 5.32 Å². The van der Waals surface area contributed by atoms with Crippen LogP contribution in [0.1, 0.15) is 25.8 Å². The molecule has 0 spiro atoms. The molecule has 39 heavy (non-hydrogen) atoms. The first-order valence-electron chi connectivity index (χ1n) is 13.0. The molecule has 0 radical (unpaired) electrons. The average molecular weight is 564 g/mol. The van der Waals surface area contributed by atoms with Gasteiger partial charge in [-0.25, -0.2) is 13.2 Å². The van der Waals surface area contributed by atoms with Gasteiger partial charge in [-0.3, -0.25) is 0 Å². The zero-order valence-corrected chi connectivity index (χ0v) is 22.9. The number of aromatic hydroxyl groups is 1.